The van der Waals surface area contributed by atoms with Crippen LogP contribution in [0.2, 0.25) is 0 Å². The van der Waals surface area contributed by atoms with Crippen LogP contribution in [0.5, 0.6) is 0 Å². The Kier molecular flexibility index (Phi) is 8.94. The van der Waals surface area contributed by atoms with Gasteiger partial charge in [-0.05, 0) is 33.6 Å². The first kappa shape index (κ1) is 21.6. The van der Waals surface area contributed by atoms with Crippen LogP contribution in [0.1, 0.15) is 55.1 Å². The van der Waals surface area contributed by atoms with Crippen LogP contribution < -0.4 is 10.6 Å². The number of aliphatic hydroxyl groups is 1. The molecule has 0 bridgehead atoms. The largest absolute Gasteiger partial charge is 0.392 e. The van der Waals surface area contributed by atoms with Gasteiger partial charge in [-0.1, -0.05) is 19.8 Å². The van der Waals surface area contributed by atoms with Gasteiger partial charge in [0.15, 0.2) is 5.96 Å². The summed E-state index contributed by atoms with van der Waals surface area (Å²) in [6.07, 6.45) is 4.08. The maximum atomic E-state index is 10.3. The smallest absolute Gasteiger partial charge is 0.191 e. The summed E-state index contributed by atoms with van der Waals surface area (Å²) < 4.78 is 0. The molecule has 3 N–H and O–H groups in total. The van der Waals surface area contributed by atoms with Crippen molar-refractivity contribution in [1.82, 2.24) is 15.6 Å². The molecule has 1 aliphatic rings. The molecule has 2 rings (SSSR count). The van der Waals surface area contributed by atoms with E-state index < -0.39 is 0 Å². The van der Waals surface area contributed by atoms with E-state index in [1.807, 2.05) is 13.8 Å². The van der Waals surface area contributed by atoms with Crippen molar-refractivity contribution < 1.29 is 5.11 Å². The standard InChI is InChI=1S/C17H30N4OS.HI/c1-5-18-16(19-10-14-12(2)21-13(3)23-14)20-11-17(4)9-7-6-8-15(17)22;/h15,22H,5-11H2,1-4H3,(H2,18,19,20);1H. The zero-order chi connectivity index (χ0) is 16.9. The van der Waals surface area contributed by atoms with Gasteiger partial charge in [-0.15, -0.1) is 35.3 Å². The molecule has 24 heavy (non-hydrogen) atoms. The number of aliphatic imine (C=N–C) groups is 1. The van der Waals surface area contributed by atoms with Crippen LogP contribution in [0.4, 0.5) is 0 Å². The Bertz CT molecular complexity index is 549. The van der Waals surface area contributed by atoms with Gasteiger partial charge in [-0.2, -0.15) is 0 Å². The summed E-state index contributed by atoms with van der Waals surface area (Å²) in [5.41, 5.74) is 1.01. The third-order valence-electron chi connectivity index (χ3n) is 4.66. The maximum absolute atomic E-state index is 10.3. The summed E-state index contributed by atoms with van der Waals surface area (Å²) in [6, 6.07) is 0. The molecule has 7 heteroatoms. The van der Waals surface area contributed by atoms with E-state index >= 15 is 0 Å². The van der Waals surface area contributed by atoms with Crippen molar-refractivity contribution in [3.8, 4) is 0 Å². The van der Waals surface area contributed by atoms with Crippen molar-refractivity contribution in [3.63, 3.8) is 0 Å². The number of rotatable bonds is 5. The van der Waals surface area contributed by atoms with Gasteiger partial charge in [0.25, 0.3) is 0 Å². The van der Waals surface area contributed by atoms with Gasteiger partial charge in [-0.25, -0.2) is 9.98 Å². The number of aromatic nitrogens is 1. The highest BCUT2D eigenvalue weighted by molar-refractivity contribution is 14.0. The molecule has 1 fully saturated rings. The summed E-state index contributed by atoms with van der Waals surface area (Å²) in [5.74, 6) is 0.817. The molecular weight excluding hydrogens is 435 g/mol. The topological polar surface area (TPSA) is 69.5 Å². The highest BCUT2D eigenvalue weighted by Gasteiger charge is 2.35. The summed E-state index contributed by atoms with van der Waals surface area (Å²) in [5, 5.41) is 18.1. The quantitative estimate of drug-likeness (QED) is 0.354. The number of aryl methyl sites for hydroxylation is 2. The Hall–Kier alpha value is -0.410. The molecule has 1 aliphatic carbocycles. The molecule has 0 radical (unpaired) electrons. The number of halogens is 1. The van der Waals surface area contributed by atoms with Crippen molar-refractivity contribution in [3.05, 3.63) is 15.6 Å². The maximum Gasteiger partial charge on any atom is 0.191 e. The number of hydrogen-bond donors (Lipinski definition) is 3. The van der Waals surface area contributed by atoms with E-state index in [2.05, 4.69) is 34.5 Å². The lowest BCUT2D eigenvalue weighted by Crippen LogP contribution is -2.48. The second-order valence-corrected chi connectivity index (χ2v) is 7.99. The zero-order valence-corrected chi connectivity index (χ0v) is 18.3. The molecule has 0 amide bonds. The van der Waals surface area contributed by atoms with Crippen LogP contribution in [0, 0.1) is 19.3 Å². The lowest BCUT2D eigenvalue weighted by Gasteiger charge is -2.38. The van der Waals surface area contributed by atoms with E-state index in [4.69, 9.17) is 0 Å². The monoisotopic (exact) mass is 466 g/mol. The first-order valence-corrected chi connectivity index (χ1v) is 9.39. The summed E-state index contributed by atoms with van der Waals surface area (Å²) in [4.78, 5) is 10.3. The van der Waals surface area contributed by atoms with Gasteiger partial charge < -0.3 is 15.7 Å². The zero-order valence-electron chi connectivity index (χ0n) is 15.2. The Balaban J connectivity index is 0.00000288. The molecule has 1 heterocycles. The third-order valence-corrected chi connectivity index (χ3v) is 5.72. The summed E-state index contributed by atoms with van der Waals surface area (Å²) in [7, 11) is 0. The summed E-state index contributed by atoms with van der Waals surface area (Å²) >= 11 is 1.71. The minimum atomic E-state index is -0.224. The van der Waals surface area contributed by atoms with Crippen molar-refractivity contribution in [1.29, 1.82) is 0 Å². The molecule has 1 saturated carbocycles. The molecular formula is C17H31IN4OS. The number of thiazole rings is 1. The molecule has 1 aromatic rings. The summed E-state index contributed by atoms with van der Waals surface area (Å²) in [6.45, 7) is 10.5. The highest BCUT2D eigenvalue weighted by Crippen LogP contribution is 2.35. The first-order valence-electron chi connectivity index (χ1n) is 8.58. The average molecular weight is 466 g/mol. The fourth-order valence-electron chi connectivity index (χ4n) is 3.09. The Morgan fingerprint density at radius 1 is 1.38 bits per heavy atom. The van der Waals surface area contributed by atoms with E-state index in [0.717, 1.165) is 49.0 Å². The molecule has 0 aromatic carbocycles. The Morgan fingerprint density at radius 2 is 2.12 bits per heavy atom. The molecule has 0 saturated heterocycles. The number of nitrogens with one attached hydrogen (secondary N) is 2. The minimum Gasteiger partial charge on any atom is -0.392 e. The molecule has 2 atom stereocenters. The van der Waals surface area contributed by atoms with E-state index in [0.29, 0.717) is 6.54 Å². The van der Waals surface area contributed by atoms with Crippen molar-refractivity contribution in [2.24, 2.45) is 10.4 Å². The van der Waals surface area contributed by atoms with E-state index in [1.165, 1.54) is 11.3 Å². The molecule has 5 nitrogen and oxygen atoms in total. The van der Waals surface area contributed by atoms with E-state index in [1.54, 1.807) is 11.3 Å². The lowest BCUT2D eigenvalue weighted by atomic mass is 9.73. The number of aliphatic hydroxyl groups excluding tert-OH is 1. The van der Waals surface area contributed by atoms with Crippen molar-refractivity contribution in [2.75, 3.05) is 13.1 Å². The van der Waals surface area contributed by atoms with E-state index in [9.17, 15) is 5.11 Å². The van der Waals surface area contributed by atoms with Gasteiger partial charge in [0.2, 0.25) is 0 Å². The fraction of sp³-hybridized carbons (Fsp3) is 0.765. The molecule has 1 aromatic heterocycles. The van der Waals surface area contributed by atoms with E-state index in [-0.39, 0.29) is 35.5 Å². The SMILES string of the molecule is CCNC(=NCc1sc(C)nc1C)NCC1(C)CCCCC1O.I. The highest BCUT2D eigenvalue weighted by atomic mass is 127. The Labute approximate surface area is 166 Å². The second-order valence-electron chi connectivity index (χ2n) is 6.71. The number of nitrogens with zero attached hydrogens (tertiary/aromatic N) is 2. The molecule has 138 valence electrons. The van der Waals surface area contributed by atoms with Crippen LogP contribution in [-0.4, -0.2) is 35.2 Å². The van der Waals surface area contributed by atoms with Crippen molar-refractivity contribution >= 4 is 41.3 Å². The van der Waals surface area contributed by atoms with Crippen LogP contribution in [0.25, 0.3) is 0 Å². The lowest BCUT2D eigenvalue weighted by molar-refractivity contribution is 0.00397. The molecule has 2 unspecified atom stereocenters. The van der Waals surface area contributed by atoms with Crippen LogP contribution in [0.3, 0.4) is 0 Å². The van der Waals surface area contributed by atoms with Gasteiger partial charge in [0.05, 0.1) is 23.4 Å². The molecule has 0 aliphatic heterocycles. The number of hydrogen-bond acceptors (Lipinski definition) is 4. The van der Waals surface area contributed by atoms with Gasteiger partial charge in [0, 0.05) is 23.4 Å². The predicted octanol–water partition coefficient (Wildman–Crippen LogP) is 3.37. The van der Waals surface area contributed by atoms with Crippen LogP contribution >= 0.6 is 35.3 Å². The van der Waals surface area contributed by atoms with Gasteiger partial charge in [-0.3, -0.25) is 0 Å². The minimum absolute atomic E-state index is 0. The Morgan fingerprint density at radius 3 is 2.71 bits per heavy atom. The fourth-order valence-corrected chi connectivity index (χ4v) is 3.95. The van der Waals surface area contributed by atoms with Crippen LogP contribution in [-0.2, 0) is 6.54 Å². The van der Waals surface area contributed by atoms with Gasteiger partial charge >= 0.3 is 0 Å². The average Bonchev–Trinajstić information content (AvgIpc) is 2.83. The normalized spacial score (nSPS) is 24.4. The predicted molar refractivity (Wildman–Crippen MR) is 112 cm³/mol. The molecule has 0 spiro atoms. The van der Waals surface area contributed by atoms with Crippen molar-refractivity contribution in [2.45, 2.75) is 66.0 Å². The third kappa shape index (κ3) is 5.84. The second kappa shape index (κ2) is 9.91. The van der Waals surface area contributed by atoms with Gasteiger partial charge in [0.1, 0.15) is 0 Å². The first-order chi connectivity index (χ1) is 10.9. The van der Waals surface area contributed by atoms with Crippen LogP contribution in [0.15, 0.2) is 4.99 Å². The number of guanidine groups is 1.